The summed E-state index contributed by atoms with van der Waals surface area (Å²) in [6.45, 7) is 2.26. The summed E-state index contributed by atoms with van der Waals surface area (Å²) in [6.07, 6.45) is 0. The van der Waals surface area contributed by atoms with Gasteiger partial charge in [0.05, 0.1) is 5.69 Å². The quantitative estimate of drug-likeness (QED) is 0.905. The fraction of sp³-hybridized carbons (Fsp3) is 0.167. The van der Waals surface area contributed by atoms with Gasteiger partial charge < -0.3 is 9.84 Å². The smallest absolute Gasteiger partial charge is 0.346 e. The highest BCUT2D eigenvalue weighted by Gasteiger charge is 2.07. The van der Waals surface area contributed by atoms with Crippen molar-refractivity contribution >= 4 is 17.3 Å². The van der Waals surface area contributed by atoms with Gasteiger partial charge in [-0.1, -0.05) is 6.07 Å². The van der Waals surface area contributed by atoms with Gasteiger partial charge in [0.1, 0.15) is 17.2 Å². The van der Waals surface area contributed by atoms with E-state index in [1.807, 2.05) is 25.1 Å². The van der Waals surface area contributed by atoms with Gasteiger partial charge in [0.25, 0.3) is 0 Å². The van der Waals surface area contributed by atoms with Crippen LogP contribution in [0.15, 0.2) is 29.6 Å². The lowest BCUT2D eigenvalue weighted by Crippen LogP contribution is -1.98. The summed E-state index contributed by atoms with van der Waals surface area (Å²) in [7, 11) is 0. The van der Waals surface area contributed by atoms with Crippen LogP contribution >= 0.6 is 11.3 Å². The molecule has 17 heavy (non-hydrogen) atoms. The van der Waals surface area contributed by atoms with Crippen LogP contribution in [-0.2, 0) is 6.61 Å². The first kappa shape index (κ1) is 11.6. The minimum atomic E-state index is -0.932. The Morgan fingerprint density at radius 2 is 2.35 bits per heavy atom. The number of aromatic carboxylic acids is 1. The molecule has 0 aliphatic heterocycles. The molecule has 0 radical (unpaired) electrons. The third kappa shape index (κ3) is 3.04. The molecule has 2 rings (SSSR count). The van der Waals surface area contributed by atoms with Gasteiger partial charge in [-0.3, -0.25) is 4.98 Å². The number of aryl methyl sites for hydroxylation is 1. The second kappa shape index (κ2) is 4.97. The van der Waals surface area contributed by atoms with Crippen LogP contribution in [0.3, 0.4) is 0 Å². The van der Waals surface area contributed by atoms with E-state index in [1.54, 1.807) is 5.38 Å². The van der Waals surface area contributed by atoms with Gasteiger partial charge in [-0.25, -0.2) is 4.79 Å². The van der Waals surface area contributed by atoms with Crippen LogP contribution in [0.2, 0.25) is 0 Å². The van der Waals surface area contributed by atoms with Crippen molar-refractivity contribution in [2.24, 2.45) is 0 Å². The molecule has 5 heteroatoms. The fourth-order valence-corrected chi connectivity index (χ4v) is 2.01. The average Bonchev–Trinajstić information content (AvgIpc) is 2.75. The Bertz CT molecular complexity index is 536. The Kier molecular flexibility index (Phi) is 3.39. The monoisotopic (exact) mass is 249 g/mol. The van der Waals surface area contributed by atoms with E-state index in [9.17, 15) is 4.79 Å². The SMILES string of the molecule is Cc1cccc(COc2csc(C(=O)O)c2)n1. The molecular weight excluding hydrogens is 238 g/mol. The molecule has 0 aliphatic carbocycles. The number of hydrogen-bond donors (Lipinski definition) is 1. The summed E-state index contributed by atoms with van der Waals surface area (Å²) in [4.78, 5) is 15.2. The Balaban J connectivity index is 2.00. The molecule has 1 N–H and O–H groups in total. The minimum absolute atomic E-state index is 0.275. The van der Waals surface area contributed by atoms with Crippen molar-refractivity contribution in [2.45, 2.75) is 13.5 Å². The van der Waals surface area contributed by atoms with E-state index in [1.165, 1.54) is 6.07 Å². The van der Waals surface area contributed by atoms with Crippen LogP contribution in [0.25, 0.3) is 0 Å². The number of ether oxygens (including phenoxy) is 1. The van der Waals surface area contributed by atoms with Crippen LogP contribution < -0.4 is 4.74 Å². The summed E-state index contributed by atoms with van der Waals surface area (Å²) in [5.74, 6) is -0.366. The van der Waals surface area contributed by atoms with Gasteiger partial charge in [0.2, 0.25) is 0 Å². The molecule has 0 bridgehead atoms. The molecule has 2 heterocycles. The Morgan fingerprint density at radius 1 is 1.53 bits per heavy atom. The van der Waals surface area contributed by atoms with E-state index >= 15 is 0 Å². The fourth-order valence-electron chi connectivity index (χ4n) is 1.34. The van der Waals surface area contributed by atoms with E-state index in [0.29, 0.717) is 12.4 Å². The van der Waals surface area contributed by atoms with Crippen molar-refractivity contribution < 1.29 is 14.6 Å². The van der Waals surface area contributed by atoms with Crippen LogP contribution in [0, 0.1) is 6.92 Å². The Hall–Kier alpha value is -1.88. The maximum Gasteiger partial charge on any atom is 0.346 e. The van der Waals surface area contributed by atoms with Crippen molar-refractivity contribution in [3.05, 3.63) is 45.9 Å². The standard InChI is InChI=1S/C12H11NO3S/c1-8-3-2-4-9(13-8)6-16-10-5-11(12(14)15)17-7-10/h2-5,7H,6H2,1H3,(H,14,15). The molecule has 0 fully saturated rings. The maximum atomic E-state index is 10.7. The first-order valence-electron chi connectivity index (χ1n) is 5.02. The van der Waals surface area contributed by atoms with Crippen molar-refractivity contribution in [2.75, 3.05) is 0 Å². The normalized spacial score (nSPS) is 10.2. The van der Waals surface area contributed by atoms with Crippen molar-refractivity contribution in [3.63, 3.8) is 0 Å². The average molecular weight is 249 g/mol. The van der Waals surface area contributed by atoms with Gasteiger partial charge in [0, 0.05) is 17.1 Å². The third-order valence-electron chi connectivity index (χ3n) is 2.12. The van der Waals surface area contributed by atoms with E-state index in [0.717, 1.165) is 22.7 Å². The molecule has 2 aromatic heterocycles. The first-order chi connectivity index (χ1) is 8.15. The minimum Gasteiger partial charge on any atom is -0.486 e. The van der Waals surface area contributed by atoms with Crippen LogP contribution in [0.1, 0.15) is 21.1 Å². The van der Waals surface area contributed by atoms with Gasteiger partial charge in [0.15, 0.2) is 0 Å². The van der Waals surface area contributed by atoms with E-state index in [-0.39, 0.29) is 4.88 Å². The molecule has 0 atom stereocenters. The summed E-state index contributed by atoms with van der Waals surface area (Å²) in [5, 5.41) is 10.4. The van der Waals surface area contributed by atoms with Gasteiger partial charge in [-0.05, 0) is 19.1 Å². The molecule has 0 aliphatic rings. The second-order valence-electron chi connectivity index (χ2n) is 3.51. The maximum absolute atomic E-state index is 10.7. The van der Waals surface area contributed by atoms with Gasteiger partial charge >= 0.3 is 5.97 Å². The zero-order valence-corrected chi connectivity index (χ0v) is 10.0. The lowest BCUT2D eigenvalue weighted by atomic mass is 10.3. The molecule has 4 nitrogen and oxygen atoms in total. The van der Waals surface area contributed by atoms with Gasteiger partial charge in [-0.15, -0.1) is 11.3 Å². The highest BCUT2D eigenvalue weighted by molar-refractivity contribution is 7.12. The lowest BCUT2D eigenvalue weighted by Gasteiger charge is -2.03. The Labute approximate surface area is 103 Å². The van der Waals surface area contributed by atoms with Crippen molar-refractivity contribution in [1.29, 1.82) is 0 Å². The molecule has 2 aromatic rings. The highest BCUT2D eigenvalue weighted by Crippen LogP contribution is 2.22. The van der Waals surface area contributed by atoms with E-state index in [4.69, 9.17) is 9.84 Å². The number of carboxylic acids is 1. The molecule has 0 spiro atoms. The van der Waals surface area contributed by atoms with Crippen LogP contribution in [-0.4, -0.2) is 16.1 Å². The number of pyridine rings is 1. The zero-order valence-electron chi connectivity index (χ0n) is 9.21. The molecular formula is C12H11NO3S. The summed E-state index contributed by atoms with van der Waals surface area (Å²) >= 11 is 1.15. The van der Waals surface area contributed by atoms with E-state index in [2.05, 4.69) is 4.98 Å². The van der Waals surface area contributed by atoms with E-state index < -0.39 is 5.97 Å². The zero-order chi connectivity index (χ0) is 12.3. The van der Waals surface area contributed by atoms with Crippen LogP contribution in [0.4, 0.5) is 0 Å². The first-order valence-corrected chi connectivity index (χ1v) is 5.90. The molecule has 0 amide bonds. The largest absolute Gasteiger partial charge is 0.486 e. The molecule has 0 saturated carbocycles. The lowest BCUT2D eigenvalue weighted by molar-refractivity contribution is 0.0702. The number of rotatable bonds is 4. The van der Waals surface area contributed by atoms with Gasteiger partial charge in [-0.2, -0.15) is 0 Å². The summed E-state index contributed by atoms with van der Waals surface area (Å²) < 4.78 is 5.46. The van der Waals surface area contributed by atoms with Crippen LogP contribution in [0.5, 0.6) is 5.75 Å². The highest BCUT2D eigenvalue weighted by atomic mass is 32.1. The number of carboxylic acid groups (broad SMARTS) is 1. The molecule has 0 saturated heterocycles. The molecule has 0 unspecified atom stereocenters. The number of carbonyl (C=O) groups is 1. The third-order valence-corrected chi connectivity index (χ3v) is 3.02. The molecule has 88 valence electrons. The second-order valence-corrected chi connectivity index (χ2v) is 4.42. The predicted molar refractivity (Wildman–Crippen MR) is 64.6 cm³/mol. The number of hydrogen-bond acceptors (Lipinski definition) is 4. The predicted octanol–water partition coefficient (Wildman–Crippen LogP) is 2.73. The summed E-state index contributed by atoms with van der Waals surface area (Å²) in [5.41, 5.74) is 1.76. The number of aromatic nitrogens is 1. The van der Waals surface area contributed by atoms with Crippen molar-refractivity contribution in [1.82, 2.24) is 4.98 Å². The van der Waals surface area contributed by atoms with Crippen molar-refractivity contribution in [3.8, 4) is 5.75 Å². The summed E-state index contributed by atoms with van der Waals surface area (Å²) in [6, 6.07) is 7.22. The number of nitrogens with zero attached hydrogens (tertiary/aromatic N) is 1. The number of thiophene rings is 1. The molecule has 0 aromatic carbocycles. The Morgan fingerprint density at radius 3 is 3.00 bits per heavy atom. The topological polar surface area (TPSA) is 59.4 Å².